The molecule has 0 fully saturated rings. The minimum atomic E-state index is 0.0798. The highest BCUT2D eigenvalue weighted by atomic mass is 79.9. The third-order valence-corrected chi connectivity index (χ3v) is 2.71. The van der Waals surface area contributed by atoms with E-state index in [0.717, 1.165) is 11.0 Å². The summed E-state index contributed by atoms with van der Waals surface area (Å²) in [6, 6.07) is 3.38. The average molecular weight is 258 g/mol. The fourth-order valence-corrected chi connectivity index (χ4v) is 1.94. The van der Waals surface area contributed by atoms with Gasteiger partial charge in [0, 0.05) is 23.3 Å². The second kappa shape index (κ2) is 5.35. The lowest BCUT2D eigenvalue weighted by Crippen LogP contribution is -2.21. The van der Waals surface area contributed by atoms with Crippen molar-refractivity contribution >= 4 is 15.9 Å². The van der Waals surface area contributed by atoms with Gasteiger partial charge in [0.2, 0.25) is 0 Å². The van der Waals surface area contributed by atoms with E-state index < -0.39 is 0 Å². The van der Waals surface area contributed by atoms with Crippen LogP contribution in [0.3, 0.4) is 0 Å². The Morgan fingerprint density at radius 1 is 1.50 bits per heavy atom. The largest absolute Gasteiger partial charge is 0.314 e. The van der Waals surface area contributed by atoms with Crippen LogP contribution in [0.4, 0.5) is 0 Å². The van der Waals surface area contributed by atoms with Crippen molar-refractivity contribution in [2.45, 2.75) is 33.2 Å². The second-order valence-electron chi connectivity index (χ2n) is 3.73. The zero-order chi connectivity index (χ0) is 10.6. The number of rotatable bonds is 4. The van der Waals surface area contributed by atoms with Crippen LogP contribution in [0.5, 0.6) is 0 Å². The number of halogens is 1. The minimum absolute atomic E-state index is 0.0798. The molecule has 14 heavy (non-hydrogen) atoms. The van der Waals surface area contributed by atoms with Crippen LogP contribution in [0.2, 0.25) is 0 Å². The molecule has 0 radical (unpaired) electrons. The van der Waals surface area contributed by atoms with Crippen LogP contribution in [-0.2, 0) is 6.54 Å². The van der Waals surface area contributed by atoms with E-state index in [0.29, 0.717) is 5.92 Å². The Hall–Kier alpha value is -0.570. The molecule has 0 amide bonds. The first-order valence-electron chi connectivity index (χ1n) is 4.99. The van der Waals surface area contributed by atoms with Crippen LogP contribution in [0.1, 0.15) is 26.7 Å². The van der Waals surface area contributed by atoms with Gasteiger partial charge in [0.25, 0.3) is 5.56 Å². The first kappa shape index (κ1) is 11.5. The molecule has 0 aliphatic carbocycles. The Morgan fingerprint density at radius 2 is 2.21 bits per heavy atom. The Balaban J connectivity index is 2.75. The Bertz CT molecular complexity index is 345. The number of hydrogen-bond acceptors (Lipinski definition) is 1. The minimum Gasteiger partial charge on any atom is -0.314 e. The molecule has 0 bridgehead atoms. The number of nitrogens with zero attached hydrogens (tertiary/aromatic N) is 1. The third kappa shape index (κ3) is 3.29. The van der Waals surface area contributed by atoms with E-state index in [4.69, 9.17) is 0 Å². The molecular weight excluding hydrogens is 242 g/mol. The van der Waals surface area contributed by atoms with E-state index in [1.807, 2.05) is 6.20 Å². The fourth-order valence-electron chi connectivity index (χ4n) is 1.56. The van der Waals surface area contributed by atoms with Crippen molar-refractivity contribution in [3.63, 3.8) is 0 Å². The highest BCUT2D eigenvalue weighted by molar-refractivity contribution is 9.10. The summed E-state index contributed by atoms with van der Waals surface area (Å²) in [5.74, 6) is 0.562. The molecule has 0 aromatic carbocycles. The molecule has 0 aliphatic rings. The van der Waals surface area contributed by atoms with Crippen molar-refractivity contribution in [2.75, 3.05) is 0 Å². The molecule has 0 saturated heterocycles. The summed E-state index contributed by atoms with van der Waals surface area (Å²) in [4.78, 5) is 11.5. The molecule has 0 spiro atoms. The van der Waals surface area contributed by atoms with Gasteiger partial charge in [-0.05, 0) is 34.3 Å². The van der Waals surface area contributed by atoms with Gasteiger partial charge in [-0.25, -0.2) is 0 Å². The molecule has 1 atom stereocenters. The van der Waals surface area contributed by atoms with Gasteiger partial charge in [0.1, 0.15) is 0 Å². The number of pyridine rings is 1. The van der Waals surface area contributed by atoms with Gasteiger partial charge >= 0.3 is 0 Å². The van der Waals surface area contributed by atoms with Crippen LogP contribution < -0.4 is 5.56 Å². The number of aromatic nitrogens is 1. The molecule has 0 N–H and O–H groups in total. The molecule has 1 unspecified atom stereocenters. The number of hydrogen-bond donors (Lipinski definition) is 0. The van der Waals surface area contributed by atoms with Crippen LogP contribution >= 0.6 is 15.9 Å². The van der Waals surface area contributed by atoms with Crippen molar-refractivity contribution in [2.24, 2.45) is 5.92 Å². The van der Waals surface area contributed by atoms with Crippen LogP contribution in [0, 0.1) is 5.92 Å². The van der Waals surface area contributed by atoms with Crippen LogP contribution in [0.15, 0.2) is 27.6 Å². The molecule has 2 nitrogen and oxygen atoms in total. The van der Waals surface area contributed by atoms with E-state index in [-0.39, 0.29) is 5.56 Å². The van der Waals surface area contributed by atoms with E-state index in [2.05, 4.69) is 29.8 Å². The standard InChI is InChI=1S/C11H16BrNO/c1-3-4-9(2)7-13-8-10(12)5-6-11(13)14/h5-6,8-9H,3-4,7H2,1-2H3. The maximum Gasteiger partial charge on any atom is 0.250 e. The van der Waals surface area contributed by atoms with Gasteiger partial charge in [-0.15, -0.1) is 0 Å². The predicted octanol–water partition coefficient (Wildman–Crippen LogP) is 3.05. The molecular formula is C11H16BrNO. The maximum absolute atomic E-state index is 11.5. The molecule has 78 valence electrons. The first-order chi connectivity index (χ1) is 6.63. The molecule has 1 heterocycles. The van der Waals surface area contributed by atoms with Gasteiger partial charge in [-0.2, -0.15) is 0 Å². The van der Waals surface area contributed by atoms with Crippen molar-refractivity contribution in [1.29, 1.82) is 0 Å². The summed E-state index contributed by atoms with van der Waals surface area (Å²) in [5, 5.41) is 0. The van der Waals surface area contributed by atoms with Crippen LogP contribution in [0.25, 0.3) is 0 Å². The lowest BCUT2D eigenvalue weighted by atomic mass is 10.1. The van der Waals surface area contributed by atoms with Gasteiger partial charge < -0.3 is 4.57 Å². The maximum atomic E-state index is 11.5. The average Bonchev–Trinajstić information content (AvgIpc) is 2.12. The van der Waals surface area contributed by atoms with E-state index in [1.54, 1.807) is 16.7 Å². The Kier molecular flexibility index (Phi) is 4.39. The van der Waals surface area contributed by atoms with Gasteiger partial charge in [-0.1, -0.05) is 20.3 Å². The quantitative estimate of drug-likeness (QED) is 0.813. The van der Waals surface area contributed by atoms with Crippen molar-refractivity contribution in [3.05, 3.63) is 33.2 Å². The molecule has 0 aliphatic heterocycles. The predicted molar refractivity (Wildman–Crippen MR) is 62.5 cm³/mol. The summed E-state index contributed by atoms with van der Waals surface area (Å²) < 4.78 is 2.73. The first-order valence-corrected chi connectivity index (χ1v) is 5.78. The summed E-state index contributed by atoms with van der Waals surface area (Å²) in [6.45, 7) is 5.16. The topological polar surface area (TPSA) is 22.0 Å². The SMILES string of the molecule is CCCC(C)Cn1cc(Br)ccc1=O. The normalized spacial score (nSPS) is 12.8. The van der Waals surface area contributed by atoms with Gasteiger partial charge in [0.15, 0.2) is 0 Å². The highest BCUT2D eigenvalue weighted by Gasteiger charge is 2.03. The van der Waals surface area contributed by atoms with Crippen molar-refractivity contribution in [1.82, 2.24) is 4.57 Å². The molecule has 1 aromatic heterocycles. The summed E-state index contributed by atoms with van der Waals surface area (Å²) in [7, 11) is 0. The second-order valence-corrected chi connectivity index (χ2v) is 4.65. The summed E-state index contributed by atoms with van der Waals surface area (Å²) >= 11 is 3.37. The van der Waals surface area contributed by atoms with Crippen molar-refractivity contribution < 1.29 is 0 Å². The van der Waals surface area contributed by atoms with Crippen LogP contribution in [-0.4, -0.2) is 4.57 Å². The van der Waals surface area contributed by atoms with E-state index in [1.165, 1.54) is 12.8 Å². The molecule has 3 heteroatoms. The molecule has 1 aromatic rings. The molecule has 1 rings (SSSR count). The zero-order valence-corrected chi connectivity index (χ0v) is 10.3. The Labute approximate surface area is 93.1 Å². The van der Waals surface area contributed by atoms with E-state index >= 15 is 0 Å². The lowest BCUT2D eigenvalue weighted by Gasteiger charge is -2.12. The van der Waals surface area contributed by atoms with E-state index in [9.17, 15) is 4.79 Å². The summed E-state index contributed by atoms with van der Waals surface area (Å²) in [5.41, 5.74) is 0.0798. The fraction of sp³-hybridized carbons (Fsp3) is 0.545. The zero-order valence-electron chi connectivity index (χ0n) is 8.66. The van der Waals surface area contributed by atoms with Gasteiger partial charge in [0.05, 0.1) is 0 Å². The van der Waals surface area contributed by atoms with Gasteiger partial charge in [-0.3, -0.25) is 4.79 Å². The molecule has 0 saturated carbocycles. The lowest BCUT2D eigenvalue weighted by molar-refractivity contribution is 0.438. The highest BCUT2D eigenvalue weighted by Crippen LogP contribution is 2.10. The smallest absolute Gasteiger partial charge is 0.250 e. The Morgan fingerprint density at radius 3 is 2.86 bits per heavy atom. The monoisotopic (exact) mass is 257 g/mol. The van der Waals surface area contributed by atoms with Crippen molar-refractivity contribution in [3.8, 4) is 0 Å². The summed E-state index contributed by atoms with van der Waals surface area (Å²) in [6.07, 6.45) is 4.19. The third-order valence-electron chi connectivity index (χ3n) is 2.24.